The number of rotatable bonds is 6. The zero-order valence-electron chi connectivity index (χ0n) is 24.8. The summed E-state index contributed by atoms with van der Waals surface area (Å²) in [5, 5.41) is 20.8. The summed E-state index contributed by atoms with van der Waals surface area (Å²) in [6, 6.07) is 20.1. The molecular weight excluding hydrogens is 586 g/mol. The van der Waals surface area contributed by atoms with Crippen molar-refractivity contribution in [3.63, 3.8) is 0 Å². The van der Waals surface area contributed by atoms with Gasteiger partial charge < -0.3 is 14.9 Å². The Morgan fingerprint density at radius 3 is 2.46 bits per heavy atom. The number of carboxylic acid groups (broad SMARTS) is 1. The van der Waals surface area contributed by atoms with Crippen molar-refractivity contribution in [3.8, 4) is 11.5 Å². The van der Waals surface area contributed by atoms with Crippen LogP contribution >= 0.6 is 0 Å². The number of carbonyl (C=O) groups excluding carboxylic acids is 4. The monoisotopic (exact) mass is 615 g/mol. The average Bonchev–Trinajstić information content (AvgIpc) is 3.31. The van der Waals surface area contributed by atoms with Crippen molar-refractivity contribution in [2.45, 2.75) is 32.3 Å². The van der Waals surface area contributed by atoms with Gasteiger partial charge in [0.2, 0.25) is 11.8 Å². The third-order valence-corrected chi connectivity index (χ3v) is 9.47. The number of imide groups is 1. The molecule has 1 heterocycles. The first-order valence-corrected chi connectivity index (χ1v) is 15.0. The van der Waals surface area contributed by atoms with Gasteiger partial charge in [0, 0.05) is 34.3 Å². The molecule has 3 aromatic carbocycles. The number of amides is 2. The third-order valence-electron chi connectivity index (χ3n) is 9.47. The summed E-state index contributed by atoms with van der Waals surface area (Å²) in [4.78, 5) is 67.5. The number of nitrogens with zero attached hydrogens (tertiary/aromatic N) is 1. The van der Waals surface area contributed by atoms with E-state index in [-0.39, 0.29) is 64.7 Å². The van der Waals surface area contributed by atoms with E-state index in [4.69, 9.17) is 4.74 Å². The molecule has 3 aliphatic carbocycles. The molecule has 2 N–H and O–H groups in total. The van der Waals surface area contributed by atoms with Crippen LogP contribution in [0.15, 0.2) is 107 Å². The first kappa shape index (κ1) is 29.2. The minimum absolute atomic E-state index is 0.0560. The van der Waals surface area contributed by atoms with Crippen LogP contribution in [-0.2, 0) is 25.8 Å². The predicted molar refractivity (Wildman–Crippen MR) is 166 cm³/mol. The zero-order valence-corrected chi connectivity index (χ0v) is 24.8. The molecule has 2 amide bonds. The number of ether oxygens (including phenoxy) is 1. The van der Waals surface area contributed by atoms with Gasteiger partial charge in [-0.25, -0.2) is 4.79 Å². The van der Waals surface area contributed by atoms with Crippen LogP contribution in [-0.4, -0.2) is 39.6 Å². The van der Waals surface area contributed by atoms with Crippen LogP contribution < -0.4 is 9.64 Å². The first-order chi connectivity index (χ1) is 22.1. The number of aromatic carboxylic acids is 1. The lowest BCUT2D eigenvalue weighted by molar-refractivity contribution is -0.123. The largest absolute Gasteiger partial charge is 0.507 e. The predicted octanol–water partition coefficient (Wildman–Crippen LogP) is 5.30. The number of ketones is 2. The van der Waals surface area contributed by atoms with Gasteiger partial charge in [0.15, 0.2) is 11.6 Å². The van der Waals surface area contributed by atoms with Crippen LogP contribution in [0, 0.1) is 17.8 Å². The summed E-state index contributed by atoms with van der Waals surface area (Å²) < 4.78 is 5.90. The summed E-state index contributed by atoms with van der Waals surface area (Å²) in [5.74, 6) is -5.39. The molecule has 4 aliphatic rings. The van der Waals surface area contributed by atoms with Crippen molar-refractivity contribution >= 4 is 35.0 Å². The van der Waals surface area contributed by atoms with Crippen molar-refractivity contribution in [2.75, 3.05) is 4.90 Å². The van der Waals surface area contributed by atoms with E-state index in [1.165, 1.54) is 36.4 Å². The SMILES string of the molecule is CC1=CC(=O)C2=C(C[C@@H]3C(=CC[C@@H]4C(=O)N(c5cccc(C(=O)O)c5)C(=O)[C@@H]43)[C@@H]2c2ccc(OCc3ccccc3)cc2O)C1=O. The van der Waals surface area contributed by atoms with Gasteiger partial charge in [-0.05, 0) is 61.6 Å². The smallest absolute Gasteiger partial charge is 0.335 e. The van der Waals surface area contributed by atoms with Crippen molar-refractivity contribution in [2.24, 2.45) is 17.8 Å². The minimum atomic E-state index is -1.18. The molecule has 1 aliphatic heterocycles. The standard InChI is InChI=1S/C37H29NO8/c1-19-14-30(40)33-28(34(19)41)17-27-24(31(33)25-11-10-23(16-29(25)39)46-18-20-6-3-2-4-7-20)12-13-26-32(27)36(43)38(35(26)42)22-9-5-8-21(15-22)37(44)45/h2-12,14-16,26-27,31-32,39H,13,17-18H2,1H3,(H,44,45)/t26-,27+,31+,32-/m0/s1. The fourth-order valence-corrected chi connectivity index (χ4v) is 7.37. The Labute approximate surface area is 264 Å². The molecule has 9 nitrogen and oxygen atoms in total. The molecule has 1 saturated heterocycles. The van der Waals surface area contributed by atoms with E-state index in [2.05, 4.69) is 0 Å². The molecule has 9 heteroatoms. The maximum Gasteiger partial charge on any atom is 0.335 e. The topological polar surface area (TPSA) is 138 Å². The number of aromatic hydroxyl groups is 1. The fourth-order valence-electron chi connectivity index (χ4n) is 7.37. The highest BCUT2D eigenvalue weighted by Crippen LogP contribution is 2.56. The Hall–Kier alpha value is -5.57. The van der Waals surface area contributed by atoms with E-state index in [9.17, 15) is 34.2 Å². The molecule has 1 fully saturated rings. The Kier molecular flexibility index (Phi) is 7.04. The quantitative estimate of drug-likeness (QED) is 0.216. The molecule has 0 spiro atoms. The number of allylic oxidation sites excluding steroid dienone is 6. The van der Waals surface area contributed by atoms with E-state index in [0.29, 0.717) is 16.9 Å². The third kappa shape index (κ3) is 4.67. The summed E-state index contributed by atoms with van der Waals surface area (Å²) in [7, 11) is 0. The van der Waals surface area contributed by atoms with Crippen LogP contribution in [0.5, 0.6) is 11.5 Å². The number of Topliss-reactive ketones (excluding diaryl/α,β-unsaturated/α-hetero) is 1. The Balaban J connectivity index is 1.28. The molecule has 7 rings (SSSR count). The van der Waals surface area contributed by atoms with Crippen molar-refractivity contribution < 1.29 is 38.9 Å². The minimum Gasteiger partial charge on any atom is -0.507 e. The van der Waals surface area contributed by atoms with Gasteiger partial charge in [-0.3, -0.25) is 24.1 Å². The van der Waals surface area contributed by atoms with Crippen molar-refractivity contribution in [3.05, 3.63) is 124 Å². The van der Waals surface area contributed by atoms with Gasteiger partial charge in [0.05, 0.1) is 23.1 Å². The van der Waals surface area contributed by atoms with Crippen LogP contribution in [0.3, 0.4) is 0 Å². The van der Waals surface area contributed by atoms with Gasteiger partial charge in [0.25, 0.3) is 0 Å². The van der Waals surface area contributed by atoms with Crippen LogP contribution in [0.25, 0.3) is 0 Å². The normalized spacial score (nSPS) is 23.8. The summed E-state index contributed by atoms with van der Waals surface area (Å²) >= 11 is 0. The van der Waals surface area contributed by atoms with E-state index >= 15 is 0 Å². The van der Waals surface area contributed by atoms with Crippen LogP contribution in [0.2, 0.25) is 0 Å². The number of carbonyl (C=O) groups is 5. The van der Waals surface area contributed by atoms with Gasteiger partial charge >= 0.3 is 5.97 Å². The average molecular weight is 616 g/mol. The summed E-state index contributed by atoms with van der Waals surface area (Å²) in [6.07, 6.45) is 3.49. The molecule has 46 heavy (non-hydrogen) atoms. The number of carboxylic acids is 1. The number of anilines is 1. The van der Waals surface area contributed by atoms with Gasteiger partial charge in [0.1, 0.15) is 18.1 Å². The molecule has 0 radical (unpaired) electrons. The Morgan fingerprint density at radius 1 is 0.935 bits per heavy atom. The van der Waals surface area contributed by atoms with Gasteiger partial charge in [-0.15, -0.1) is 0 Å². The number of hydrogen-bond acceptors (Lipinski definition) is 7. The second-order valence-electron chi connectivity index (χ2n) is 12.1. The van der Waals surface area contributed by atoms with Crippen molar-refractivity contribution in [1.82, 2.24) is 0 Å². The number of benzene rings is 3. The van der Waals surface area contributed by atoms with E-state index < -0.39 is 41.5 Å². The highest BCUT2D eigenvalue weighted by molar-refractivity contribution is 6.25. The molecule has 0 unspecified atom stereocenters. The molecule has 4 atom stereocenters. The van der Waals surface area contributed by atoms with E-state index in [1.54, 1.807) is 19.1 Å². The van der Waals surface area contributed by atoms with Crippen LogP contribution in [0.4, 0.5) is 5.69 Å². The Morgan fingerprint density at radius 2 is 1.72 bits per heavy atom. The number of phenols is 1. The van der Waals surface area contributed by atoms with E-state index in [1.807, 2.05) is 36.4 Å². The molecule has 0 bridgehead atoms. The van der Waals surface area contributed by atoms with E-state index in [0.717, 1.165) is 10.5 Å². The summed E-state index contributed by atoms with van der Waals surface area (Å²) in [5.41, 5.74) is 3.00. The maximum absolute atomic E-state index is 14.1. The molecule has 0 saturated carbocycles. The molecule has 230 valence electrons. The lowest BCUT2D eigenvalue weighted by Gasteiger charge is -2.42. The number of hydrogen-bond donors (Lipinski definition) is 2. The second-order valence-corrected chi connectivity index (χ2v) is 12.1. The lowest BCUT2D eigenvalue weighted by atomic mass is 9.59. The van der Waals surface area contributed by atoms with Gasteiger partial charge in [-0.1, -0.05) is 54.1 Å². The summed E-state index contributed by atoms with van der Waals surface area (Å²) in [6.45, 7) is 1.86. The first-order valence-electron chi connectivity index (χ1n) is 15.0. The molecular formula is C37H29NO8. The fraction of sp³-hybridized carbons (Fsp3) is 0.216. The number of phenolic OH excluding ortho intramolecular Hbond substituents is 1. The highest BCUT2D eigenvalue weighted by Gasteiger charge is 2.56. The van der Waals surface area contributed by atoms with Crippen LogP contribution in [0.1, 0.15) is 47.2 Å². The zero-order chi connectivity index (χ0) is 32.3. The van der Waals surface area contributed by atoms with Gasteiger partial charge in [-0.2, -0.15) is 0 Å². The second kappa shape index (κ2) is 11.1. The highest BCUT2D eigenvalue weighted by atomic mass is 16.5. The number of fused-ring (bicyclic) bond motifs is 3. The molecule has 3 aromatic rings. The van der Waals surface area contributed by atoms with Crippen molar-refractivity contribution in [1.29, 1.82) is 0 Å². The lowest BCUT2D eigenvalue weighted by Crippen LogP contribution is -2.39. The maximum atomic E-state index is 14.1. The Bertz CT molecular complexity index is 1950. The molecule has 0 aromatic heterocycles.